The summed E-state index contributed by atoms with van der Waals surface area (Å²) in [6.07, 6.45) is 3.97. The zero-order valence-electron chi connectivity index (χ0n) is 17.9. The molecule has 1 N–H and O–H groups in total. The van der Waals surface area contributed by atoms with Crippen LogP contribution in [0.4, 0.5) is 5.95 Å². The third-order valence-corrected chi connectivity index (χ3v) is 5.14. The number of hydrogen-bond acceptors (Lipinski definition) is 7. The predicted molar refractivity (Wildman–Crippen MR) is 113 cm³/mol. The largest absolute Gasteiger partial charge is 0.383 e. The van der Waals surface area contributed by atoms with E-state index in [1.165, 1.54) is 0 Å². The van der Waals surface area contributed by atoms with Crippen LogP contribution in [0.15, 0.2) is 24.5 Å². The Morgan fingerprint density at radius 3 is 2.80 bits per heavy atom. The summed E-state index contributed by atoms with van der Waals surface area (Å²) in [7, 11) is 5.29. The number of amides is 2. The first-order valence-electron chi connectivity index (χ1n) is 9.94. The number of pyridine rings is 1. The van der Waals surface area contributed by atoms with E-state index in [1.54, 1.807) is 41.4 Å². The molecule has 30 heavy (non-hydrogen) atoms. The van der Waals surface area contributed by atoms with Crippen LogP contribution >= 0.6 is 0 Å². The molecule has 1 atom stereocenters. The molecule has 2 amide bonds. The molecule has 9 nitrogen and oxygen atoms in total. The first-order valence-corrected chi connectivity index (χ1v) is 9.94. The summed E-state index contributed by atoms with van der Waals surface area (Å²) in [4.78, 5) is 42.5. The second kappa shape index (κ2) is 9.62. The van der Waals surface area contributed by atoms with Crippen LogP contribution < -0.4 is 10.2 Å². The molecule has 160 valence electrons. The van der Waals surface area contributed by atoms with Gasteiger partial charge in [-0.05, 0) is 25.5 Å². The Kier molecular flexibility index (Phi) is 6.94. The van der Waals surface area contributed by atoms with Gasteiger partial charge in [0, 0.05) is 64.8 Å². The minimum Gasteiger partial charge on any atom is -0.383 e. The SMILES string of the molecule is COCCNC(=O)c1cnc(N(C)C)nc1C1CCN(C(=O)c2cccnc2C)C1. The fraction of sp³-hybridized carbons (Fsp3) is 0.476. The van der Waals surface area contributed by atoms with E-state index in [1.807, 2.05) is 21.0 Å². The Morgan fingerprint density at radius 2 is 2.10 bits per heavy atom. The third kappa shape index (κ3) is 4.73. The van der Waals surface area contributed by atoms with Crippen LogP contribution in [0.1, 0.15) is 44.4 Å². The number of aromatic nitrogens is 3. The van der Waals surface area contributed by atoms with Crippen LogP contribution in [0.3, 0.4) is 0 Å². The Hall–Kier alpha value is -3.07. The van der Waals surface area contributed by atoms with E-state index in [2.05, 4.69) is 20.3 Å². The first-order chi connectivity index (χ1) is 14.4. The van der Waals surface area contributed by atoms with Gasteiger partial charge in [-0.25, -0.2) is 9.97 Å². The average molecular weight is 412 g/mol. The molecular formula is C21H28N6O3. The number of anilines is 1. The van der Waals surface area contributed by atoms with Crippen molar-refractivity contribution in [1.82, 2.24) is 25.2 Å². The fourth-order valence-corrected chi connectivity index (χ4v) is 3.50. The maximum Gasteiger partial charge on any atom is 0.255 e. The summed E-state index contributed by atoms with van der Waals surface area (Å²) in [5.74, 6) is 0.207. The number of carbonyl (C=O) groups is 2. The number of methoxy groups -OCH3 is 1. The molecule has 0 spiro atoms. The summed E-state index contributed by atoms with van der Waals surface area (Å²) in [6.45, 7) is 3.75. The molecule has 0 aromatic carbocycles. The van der Waals surface area contributed by atoms with Gasteiger partial charge in [0.25, 0.3) is 11.8 Å². The number of carbonyl (C=O) groups excluding carboxylic acids is 2. The molecule has 1 aliphatic heterocycles. The van der Waals surface area contributed by atoms with Gasteiger partial charge in [0.05, 0.1) is 23.4 Å². The van der Waals surface area contributed by atoms with Crippen molar-refractivity contribution in [3.05, 3.63) is 47.0 Å². The van der Waals surface area contributed by atoms with Gasteiger partial charge in [-0.3, -0.25) is 14.6 Å². The number of aryl methyl sites for hydroxylation is 1. The highest BCUT2D eigenvalue weighted by Crippen LogP contribution is 2.30. The van der Waals surface area contributed by atoms with E-state index in [0.717, 1.165) is 6.42 Å². The maximum atomic E-state index is 13.0. The highest BCUT2D eigenvalue weighted by molar-refractivity contribution is 5.96. The second-order valence-corrected chi connectivity index (χ2v) is 7.49. The molecule has 1 saturated heterocycles. The lowest BCUT2D eigenvalue weighted by Gasteiger charge is -2.19. The van der Waals surface area contributed by atoms with E-state index in [4.69, 9.17) is 4.74 Å². The van der Waals surface area contributed by atoms with Gasteiger partial charge < -0.3 is 19.9 Å². The van der Waals surface area contributed by atoms with Crippen molar-refractivity contribution < 1.29 is 14.3 Å². The van der Waals surface area contributed by atoms with E-state index in [0.29, 0.717) is 54.7 Å². The summed E-state index contributed by atoms with van der Waals surface area (Å²) >= 11 is 0. The number of hydrogen-bond donors (Lipinski definition) is 1. The zero-order chi connectivity index (χ0) is 21.7. The number of rotatable bonds is 7. The molecular weight excluding hydrogens is 384 g/mol. The molecule has 1 aliphatic rings. The van der Waals surface area contributed by atoms with Crippen LogP contribution in [-0.4, -0.2) is 79.1 Å². The molecule has 9 heteroatoms. The fourth-order valence-electron chi connectivity index (χ4n) is 3.50. The molecule has 0 saturated carbocycles. The molecule has 0 bridgehead atoms. The Balaban J connectivity index is 1.83. The number of nitrogens with zero attached hydrogens (tertiary/aromatic N) is 5. The molecule has 1 unspecified atom stereocenters. The minimum atomic E-state index is -0.236. The zero-order valence-corrected chi connectivity index (χ0v) is 17.9. The molecule has 2 aromatic heterocycles. The van der Waals surface area contributed by atoms with Gasteiger partial charge in [0.1, 0.15) is 0 Å². The van der Waals surface area contributed by atoms with Crippen LogP contribution in [-0.2, 0) is 4.74 Å². The standard InChI is InChI=1S/C21H28N6O3/c1-14-16(6-5-8-22-14)20(29)27-10-7-15(13-27)18-17(19(28)23-9-11-30-4)12-24-21(25-18)26(2)3/h5-6,8,12,15H,7,9-11,13H2,1-4H3,(H,23,28). The lowest BCUT2D eigenvalue weighted by Crippen LogP contribution is -2.31. The van der Waals surface area contributed by atoms with Gasteiger partial charge in [0.15, 0.2) is 0 Å². The highest BCUT2D eigenvalue weighted by Gasteiger charge is 2.32. The van der Waals surface area contributed by atoms with Crippen LogP contribution in [0.5, 0.6) is 0 Å². The summed E-state index contributed by atoms with van der Waals surface area (Å²) in [6, 6.07) is 3.56. The number of likely N-dealkylation sites (tertiary alicyclic amines) is 1. The van der Waals surface area contributed by atoms with Gasteiger partial charge >= 0.3 is 0 Å². The molecule has 0 aliphatic carbocycles. The van der Waals surface area contributed by atoms with E-state index in [9.17, 15) is 9.59 Å². The summed E-state index contributed by atoms with van der Waals surface area (Å²) < 4.78 is 5.00. The van der Waals surface area contributed by atoms with Gasteiger partial charge in [-0.15, -0.1) is 0 Å². The van der Waals surface area contributed by atoms with Gasteiger partial charge in [0.2, 0.25) is 5.95 Å². The summed E-state index contributed by atoms with van der Waals surface area (Å²) in [5.41, 5.74) is 2.42. The van der Waals surface area contributed by atoms with Crippen molar-refractivity contribution >= 4 is 17.8 Å². The Labute approximate surface area is 176 Å². The molecule has 3 heterocycles. The number of nitrogens with one attached hydrogen (secondary N) is 1. The summed E-state index contributed by atoms with van der Waals surface area (Å²) in [5, 5.41) is 2.83. The van der Waals surface area contributed by atoms with Crippen LogP contribution in [0, 0.1) is 6.92 Å². The van der Waals surface area contributed by atoms with Crippen molar-refractivity contribution in [1.29, 1.82) is 0 Å². The molecule has 3 rings (SSSR count). The monoisotopic (exact) mass is 412 g/mol. The van der Waals surface area contributed by atoms with E-state index >= 15 is 0 Å². The lowest BCUT2D eigenvalue weighted by molar-refractivity contribution is 0.0789. The third-order valence-electron chi connectivity index (χ3n) is 5.14. The normalized spacial score (nSPS) is 15.9. The van der Waals surface area contributed by atoms with Crippen LogP contribution in [0.25, 0.3) is 0 Å². The topological polar surface area (TPSA) is 101 Å². The second-order valence-electron chi connectivity index (χ2n) is 7.49. The van der Waals surface area contributed by atoms with Crippen molar-refractivity contribution in [3.8, 4) is 0 Å². The Bertz CT molecular complexity index is 917. The Morgan fingerprint density at radius 1 is 1.30 bits per heavy atom. The minimum absolute atomic E-state index is 0.0453. The van der Waals surface area contributed by atoms with Crippen molar-refractivity contribution in [3.63, 3.8) is 0 Å². The smallest absolute Gasteiger partial charge is 0.255 e. The van der Waals surface area contributed by atoms with Crippen molar-refractivity contribution in [2.24, 2.45) is 0 Å². The quantitative estimate of drug-likeness (QED) is 0.683. The van der Waals surface area contributed by atoms with Crippen molar-refractivity contribution in [2.45, 2.75) is 19.3 Å². The highest BCUT2D eigenvalue weighted by atomic mass is 16.5. The first kappa shape index (κ1) is 21.6. The lowest BCUT2D eigenvalue weighted by atomic mass is 9.99. The number of ether oxygens (including phenoxy) is 1. The van der Waals surface area contributed by atoms with Gasteiger partial charge in [-0.1, -0.05) is 0 Å². The van der Waals surface area contributed by atoms with Gasteiger partial charge in [-0.2, -0.15) is 0 Å². The van der Waals surface area contributed by atoms with E-state index < -0.39 is 0 Å². The maximum absolute atomic E-state index is 13.0. The molecule has 2 aromatic rings. The van der Waals surface area contributed by atoms with Crippen molar-refractivity contribution in [2.75, 3.05) is 52.3 Å². The average Bonchev–Trinajstić information content (AvgIpc) is 3.23. The van der Waals surface area contributed by atoms with Crippen LogP contribution in [0.2, 0.25) is 0 Å². The van der Waals surface area contributed by atoms with E-state index in [-0.39, 0.29) is 17.7 Å². The predicted octanol–water partition coefficient (Wildman–Crippen LogP) is 1.25. The molecule has 0 radical (unpaired) electrons. The molecule has 1 fully saturated rings.